The number of benzene rings is 2. The molecule has 5 rings (SSSR count). The normalized spacial score (nSPS) is 21.5. The molecule has 3 heterocycles. The van der Waals surface area contributed by atoms with Crippen LogP contribution in [0.1, 0.15) is 30.9 Å². The molecule has 0 spiro atoms. The number of nitrogens with zero attached hydrogens (tertiary/aromatic N) is 3. The fraction of sp³-hybridized carbons (Fsp3) is 0.346. The molecule has 2 aromatic carbocycles. The van der Waals surface area contributed by atoms with Gasteiger partial charge in [-0.2, -0.15) is 5.10 Å². The van der Waals surface area contributed by atoms with Crippen LogP contribution in [0.15, 0.2) is 54.7 Å². The van der Waals surface area contributed by atoms with E-state index in [1.165, 1.54) is 17.0 Å². The van der Waals surface area contributed by atoms with Crippen molar-refractivity contribution in [2.45, 2.75) is 38.4 Å². The number of carbonyl (C=O) groups excluding carboxylic acids is 2. The minimum Gasteiger partial charge on any atom is -0.323 e. The number of urea groups is 1. The van der Waals surface area contributed by atoms with Crippen molar-refractivity contribution in [1.29, 1.82) is 0 Å². The number of H-pyrrole nitrogens is 1. The Morgan fingerprint density at radius 1 is 1.06 bits per heavy atom. The summed E-state index contributed by atoms with van der Waals surface area (Å²) < 4.78 is 13.2. The molecule has 2 N–H and O–H groups in total. The molecule has 2 saturated heterocycles. The van der Waals surface area contributed by atoms with Crippen molar-refractivity contribution in [3.05, 3.63) is 76.7 Å². The molecule has 3 aromatic rings. The molecule has 2 aliphatic heterocycles. The van der Waals surface area contributed by atoms with E-state index in [1.807, 2.05) is 37.4 Å². The summed E-state index contributed by atoms with van der Waals surface area (Å²) in [6.45, 7) is 4.33. The Hall–Kier alpha value is -3.23. The Bertz CT molecular complexity index is 1220. The number of nitrogens with one attached hydrogen (secondary N) is 2. The summed E-state index contributed by atoms with van der Waals surface area (Å²) in [5, 5.41) is 11.0. The van der Waals surface area contributed by atoms with Crippen LogP contribution >= 0.6 is 11.6 Å². The van der Waals surface area contributed by atoms with Gasteiger partial charge in [0.2, 0.25) is 0 Å². The molecule has 0 bridgehead atoms. The first-order valence-electron chi connectivity index (χ1n) is 11.7. The van der Waals surface area contributed by atoms with Gasteiger partial charge in [-0.05, 0) is 74.2 Å². The number of carbonyl (C=O) groups is 2. The van der Waals surface area contributed by atoms with E-state index in [9.17, 15) is 14.0 Å². The third-order valence-corrected chi connectivity index (χ3v) is 7.46. The van der Waals surface area contributed by atoms with Crippen LogP contribution in [0.25, 0.3) is 11.3 Å². The zero-order valence-corrected chi connectivity index (χ0v) is 20.2. The molecule has 0 radical (unpaired) electrons. The predicted molar refractivity (Wildman–Crippen MR) is 131 cm³/mol. The predicted octanol–water partition coefficient (Wildman–Crippen LogP) is 4.59. The number of piperidine rings is 1. The van der Waals surface area contributed by atoms with Crippen LogP contribution in [-0.4, -0.2) is 50.6 Å². The van der Waals surface area contributed by atoms with Gasteiger partial charge < -0.3 is 5.32 Å². The van der Waals surface area contributed by atoms with E-state index in [1.54, 1.807) is 12.1 Å². The summed E-state index contributed by atoms with van der Waals surface area (Å²) in [7, 11) is 0. The van der Waals surface area contributed by atoms with Crippen molar-refractivity contribution >= 4 is 23.5 Å². The van der Waals surface area contributed by atoms with Crippen LogP contribution in [0.3, 0.4) is 0 Å². The van der Waals surface area contributed by atoms with E-state index in [0.717, 1.165) is 49.3 Å². The molecule has 9 heteroatoms. The van der Waals surface area contributed by atoms with E-state index < -0.39 is 11.6 Å². The average molecular weight is 496 g/mol. The van der Waals surface area contributed by atoms with Gasteiger partial charge in [-0.1, -0.05) is 35.9 Å². The van der Waals surface area contributed by atoms with Gasteiger partial charge in [-0.15, -0.1) is 0 Å². The number of imide groups is 1. The zero-order chi connectivity index (χ0) is 24.6. The summed E-state index contributed by atoms with van der Waals surface area (Å²) in [4.78, 5) is 29.6. The largest absolute Gasteiger partial charge is 0.325 e. The molecular formula is C26H27ClFN5O2. The molecule has 35 heavy (non-hydrogen) atoms. The third kappa shape index (κ3) is 4.68. The van der Waals surface area contributed by atoms with Gasteiger partial charge >= 0.3 is 6.03 Å². The van der Waals surface area contributed by atoms with Crippen LogP contribution in [0.4, 0.5) is 9.18 Å². The highest BCUT2D eigenvalue weighted by Gasteiger charge is 2.52. The maximum absolute atomic E-state index is 13.3. The third-order valence-electron chi connectivity index (χ3n) is 7.20. The van der Waals surface area contributed by atoms with Crippen molar-refractivity contribution < 1.29 is 14.0 Å². The average Bonchev–Trinajstić information content (AvgIpc) is 3.40. The Morgan fingerprint density at radius 3 is 2.43 bits per heavy atom. The number of hydrogen-bond donors (Lipinski definition) is 2. The van der Waals surface area contributed by atoms with Crippen molar-refractivity contribution in [1.82, 2.24) is 25.3 Å². The smallest absolute Gasteiger partial charge is 0.323 e. The second-order valence-corrected chi connectivity index (χ2v) is 9.91. The Balaban J connectivity index is 1.22. The quantitative estimate of drug-likeness (QED) is 0.490. The first-order chi connectivity index (χ1) is 16.8. The Labute approximate surface area is 208 Å². The first kappa shape index (κ1) is 23.5. The van der Waals surface area contributed by atoms with E-state index in [0.29, 0.717) is 10.6 Å². The summed E-state index contributed by atoms with van der Waals surface area (Å²) in [5.74, 6) is -0.531. The van der Waals surface area contributed by atoms with E-state index in [2.05, 4.69) is 20.4 Å². The SMILES string of the molecule is C[C@]1(C2CCN(Cc3cn[nH]c3-c3ccc(Cl)cc3)CC2)NC(=O)N(Cc2ccc(F)cc2)C1=O. The van der Waals surface area contributed by atoms with Crippen molar-refractivity contribution in [3.8, 4) is 11.3 Å². The Kier molecular flexibility index (Phi) is 6.34. The molecule has 182 valence electrons. The number of aromatic amines is 1. The molecule has 0 saturated carbocycles. The summed E-state index contributed by atoms with van der Waals surface area (Å²) in [6.07, 6.45) is 3.44. The second kappa shape index (κ2) is 9.43. The summed E-state index contributed by atoms with van der Waals surface area (Å²) >= 11 is 6.02. The Morgan fingerprint density at radius 2 is 1.74 bits per heavy atom. The van der Waals surface area contributed by atoms with Crippen LogP contribution in [0.5, 0.6) is 0 Å². The van der Waals surface area contributed by atoms with Gasteiger partial charge in [0.05, 0.1) is 18.4 Å². The van der Waals surface area contributed by atoms with Crippen molar-refractivity contribution in [2.75, 3.05) is 13.1 Å². The molecule has 3 amide bonds. The lowest BCUT2D eigenvalue weighted by Crippen LogP contribution is -2.53. The molecule has 0 aliphatic carbocycles. The van der Waals surface area contributed by atoms with E-state index in [-0.39, 0.29) is 24.2 Å². The lowest BCUT2D eigenvalue weighted by atomic mass is 9.78. The topological polar surface area (TPSA) is 81.3 Å². The van der Waals surface area contributed by atoms with Gasteiger partial charge in [0.15, 0.2) is 0 Å². The lowest BCUT2D eigenvalue weighted by molar-refractivity contribution is -0.133. The summed E-state index contributed by atoms with van der Waals surface area (Å²) in [6, 6.07) is 13.1. The monoisotopic (exact) mass is 495 g/mol. The van der Waals surface area contributed by atoms with Gasteiger partial charge in [-0.25, -0.2) is 9.18 Å². The van der Waals surface area contributed by atoms with Crippen molar-refractivity contribution in [2.24, 2.45) is 5.92 Å². The number of aromatic nitrogens is 2. The van der Waals surface area contributed by atoms with Crippen molar-refractivity contribution in [3.63, 3.8) is 0 Å². The highest BCUT2D eigenvalue weighted by molar-refractivity contribution is 6.30. The summed E-state index contributed by atoms with van der Waals surface area (Å²) in [5.41, 5.74) is 2.89. The van der Waals surface area contributed by atoms with Crippen LogP contribution in [-0.2, 0) is 17.9 Å². The molecule has 7 nitrogen and oxygen atoms in total. The lowest BCUT2D eigenvalue weighted by Gasteiger charge is -2.38. The minimum atomic E-state index is -0.937. The van der Waals surface area contributed by atoms with E-state index >= 15 is 0 Å². The van der Waals surface area contributed by atoms with Crippen LogP contribution in [0, 0.1) is 11.7 Å². The maximum atomic E-state index is 13.3. The van der Waals surface area contributed by atoms with Gasteiger partial charge in [0, 0.05) is 17.1 Å². The van der Waals surface area contributed by atoms with Gasteiger partial charge in [0.25, 0.3) is 5.91 Å². The standard InChI is InChI=1S/C26H27ClFN5O2/c1-26(24(34)33(25(35)30-26)15-17-2-8-22(28)9-3-17)20-10-12-32(13-11-20)16-19-14-29-31-23(19)18-4-6-21(27)7-5-18/h2-9,14,20H,10-13,15-16H2,1H3,(H,29,31)(H,30,35)/t26-/m1/s1. The highest BCUT2D eigenvalue weighted by Crippen LogP contribution is 2.35. The number of amides is 3. The maximum Gasteiger partial charge on any atom is 0.325 e. The molecular weight excluding hydrogens is 469 g/mol. The van der Waals surface area contributed by atoms with E-state index in [4.69, 9.17) is 11.6 Å². The van der Waals surface area contributed by atoms with Gasteiger partial charge in [-0.3, -0.25) is 19.7 Å². The molecule has 1 aromatic heterocycles. The zero-order valence-electron chi connectivity index (χ0n) is 19.4. The minimum absolute atomic E-state index is 0.0357. The number of rotatable bonds is 6. The molecule has 2 aliphatic rings. The molecule has 0 unspecified atom stereocenters. The second-order valence-electron chi connectivity index (χ2n) is 9.48. The number of likely N-dealkylation sites (tertiary alicyclic amines) is 1. The molecule has 2 fully saturated rings. The fourth-order valence-corrected chi connectivity index (χ4v) is 5.24. The number of halogens is 2. The van der Waals surface area contributed by atoms with Gasteiger partial charge in [0.1, 0.15) is 11.4 Å². The van der Waals surface area contributed by atoms with Crippen LogP contribution in [0.2, 0.25) is 5.02 Å². The highest BCUT2D eigenvalue weighted by atomic mass is 35.5. The first-order valence-corrected chi connectivity index (χ1v) is 12.1. The van der Waals surface area contributed by atoms with Crippen LogP contribution < -0.4 is 5.32 Å². The number of hydrogen-bond acceptors (Lipinski definition) is 4. The fourth-order valence-electron chi connectivity index (χ4n) is 5.12. The molecule has 1 atom stereocenters.